The molecule has 0 amide bonds. The van der Waals surface area contributed by atoms with Crippen LogP contribution in [0, 0.1) is 19.8 Å². The van der Waals surface area contributed by atoms with Crippen molar-refractivity contribution in [3.8, 4) is 0 Å². The third-order valence-corrected chi connectivity index (χ3v) is 3.83. The minimum Gasteiger partial charge on any atom is -0.459 e. The number of rotatable bonds is 4. The fraction of sp³-hybridized carbons (Fsp3) is 0.500. The van der Waals surface area contributed by atoms with E-state index in [-0.39, 0.29) is 0 Å². The maximum absolute atomic E-state index is 6.08. The number of fused-ring (bicyclic) bond motifs is 1. The van der Waals surface area contributed by atoms with E-state index in [2.05, 4.69) is 44.3 Å². The first-order valence-electron chi connectivity index (χ1n) is 6.93. The molecule has 1 heterocycles. The van der Waals surface area contributed by atoms with E-state index in [9.17, 15) is 0 Å². The highest BCUT2D eigenvalue weighted by atomic mass is 16.3. The first kappa shape index (κ1) is 11.8. The van der Waals surface area contributed by atoms with E-state index in [1.54, 1.807) is 0 Å². The van der Waals surface area contributed by atoms with Crippen molar-refractivity contribution in [2.24, 2.45) is 5.92 Å². The van der Waals surface area contributed by atoms with Gasteiger partial charge in [-0.3, -0.25) is 0 Å². The molecule has 1 atom stereocenters. The van der Waals surface area contributed by atoms with Crippen LogP contribution in [-0.2, 0) is 0 Å². The Balaban J connectivity index is 2.03. The zero-order chi connectivity index (χ0) is 12.7. The molecule has 18 heavy (non-hydrogen) atoms. The van der Waals surface area contributed by atoms with Gasteiger partial charge < -0.3 is 9.73 Å². The molecule has 1 unspecified atom stereocenters. The molecule has 0 spiro atoms. The van der Waals surface area contributed by atoms with Gasteiger partial charge in [0.15, 0.2) is 0 Å². The first-order chi connectivity index (χ1) is 8.69. The predicted octanol–water partition coefficient (Wildman–Crippen LogP) is 4.11. The lowest BCUT2D eigenvalue weighted by molar-refractivity contribution is 0.403. The van der Waals surface area contributed by atoms with Crippen molar-refractivity contribution < 1.29 is 4.42 Å². The zero-order valence-corrected chi connectivity index (χ0v) is 11.4. The topological polar surface area (TPSA) is 25.2 Å². The summed E-state index contributed by atoms with van der Waals surface area (Å²) in [6.45, 7) is 7.44. The van der Waals surface area contributed by atoms with Gasteiger partial charge in [0, 0.05) is 5.39 Å². The standard InChI is InChI=1S/C16H21NO/c1-4-17-16(12-5-6-12)15-9-13-11(3)7-10(2)8-14(13)18-15/h7-9,12,16-17H,4-6H2,1-3H3. The lowest BCUT2D eigenvalue weighted by Gasteiger charge is -2.13. The van der Waals surface area contributed by atoms with Gasteiger partial charge >= 0.3 is 0 Å². The summed E-state index contributed by atoms with van der Waals surface area (Å²) in [5, 5.41) is 4.83. The Labute approximate surface area is 108 Å². The van der Waals surface area contributed by atoms with Crippen LogP contribution >= 0.6 is 0 Å². The van der Waals surface area contributed by atoms with Crippen molar-refractivity contribution in [3.63, 3.8) is 0 Å². The fourth-order valence-corrected chi connectivity index (χ4v) is 2.81. The molecule has 0 saturated heterocycles. The molecule has 1 fully saturated rings. The Morgan fingerprint density at radius 3 is 2.72 bits per heavy atom. The molecule has 1 N–H and O–H groups in total. The van der Waals surface area contributed by atoms with E-state index in [0.29, 0.717) is 6.04 Å². The van der Waals surface area contributed by atoms with Crippen LogP contribution in [0.4, 0.5) is 0 Å². The van der Waals surface area contributed by atoms with E-state index in [1.165, 1.54) is 29.4 Å². The Bertz CT molecular complexity index is 566. The van der Waals surface area contributed by atoms with Crippen LogP contribution in [0.2, 0.25) is 0 Å². The van der Waals surface area contributed by atoms with Gasteiger partial charge in [-0.05, 0) is 62.4 Å². The summed E-state index contributed by atoms with van der Waals surface area (Å²) in [6.07, 6.45) is 2.65. The summed E-state index contributed by atoms with van der Waals surface area (Å²) in [5.74, 6) is 1.88. The van der Waals surface area contributed by atoms with Gasteiger partial charge in [0.05, 0.1) is 6.04 Å². The largest absolute Gasteiger partial charge is 0.459 e. The van der Waals surface area contributed by atoms with Crippen molar-refractivity contribution in [2.45, 2.75) is 39.7 Å². The summed E-state index contributed by atoms with van der Waals surface area (Å²) in [6, 6.07) is 7.00. The van der Waals surface area contributed by atoms with Crippen molar-refractivity contribution in [2.75, 3.05) is 6.54 Å². The maximum Gasteiger partial charge on any atom is 0.134 e. The van der Waals surface area contributed by atoms with E-state index >= 15 is 0 Å². The second-order valence-electron chi connectivity index (χ2n) is 5.52. The Kier molecular flexibility index (Phi) is 2.90. The molecule has 1 aromatic heterocycles. The number of furan rings is 1. The summed E-state index contributed by atoms with van der Waals surface area (Å²) in [5.41, 5.74) is 3.62. The Morgan fingerprint density at radius 2 is 2.06 bits per heavy atom. The smallest absolute Gasteiger partial charge is 0.134 e. The van der Waals surface area contributed by atoms with Gasteiger partial charge in [-0.25, -0.2) is 0 Å². The third-order valence-electron chi connectivity index (χ3n) is 3.83. The average Bonchev–Trinajstić information content (AvgIpc) is 3.06. The lowest BCUT2D eigenvalue weighted by atomic mass is 10.1. The van der Waals surface area contributed by atoms with Crippen LogP contribution in [0.15, 0.2) is 22.6 Å². The Morgan fingerprint density at radius 1 is 1.28 bits per heavy atom. The van der Waals surface area contributed by atoms with Gasteiger partial charge in [-0.1, -0.05) is 13.0 Å². The summed E-state index contributed by atoms with van der Waals surface area (Å²) in [4.78, 5) is 0. The summed E-state index contributed by atoms with van der Waals surface area (Å²) in [7, 11) is 0. The number of hydrogen-bond acceptors (Lipinski definition) is 2. The van der Waals surface area contributed by atoms with Crippen LogP contribution in [0.25, 0.3) is 11.0 Å². The number of aryl methyl sites for hydroxylation is 2. The minimum absolute atomic E-state index is 0.405. The third kappa shape index (κ3) is 2.05. The molecule has 1 aliphatic carbocycles. The number of nitrogens with one attached hydrogen (secondary N) is 1. The molecule has 2 heteroatoms. The SMILES string of the molecule is CCNC(c1cc2c(C)cc(C)cc2o1)C1CC1. The van der Waals surface area contributed by atoms with Crippen LogP contribution in [0.5, 0.6) is 0 Å². The Hall–Kier alpha value is -1.28. The van der Waals surface area contributed by atoms with Crippen molar-refractivity contribution in [3.05, 3.63) is 35.1 Å². The van der Waals surface area contributed by atoms with Gasteiger partial charge in [-0.15, -0.1) is 0 Å². The molecule has 2 aromatic rings. The van der Waals surface area contributed by atoms with Gasteiger partial charge in [-0.2, -0.15) is 0 Å². The second-order valence-corrected chi connectivity index (χ2v) is 5.52. The molecule has 96 valence electrons. The quantitative estimate of drug-likeness (QED) is 0.874. The zero-order valence-electron chi connectivity index (χ0n) is 11.4. The van der Waals surface area contributed by atoms with E-state index in [4.69, 9.17) is 4.42 Å². The van der Waals surface area contributed by atoms with Gasteiger partial charge in [0.25, 0.3) is 0 Å². The molecule has 1 aliphatic rings. The van der Waals surface area contributed by atoms with Crippen molar-refractivity contribution in [1.82, 2.24) is 5.32 Å². The summed E-state index contributed by atoms with van der Waals surface area (Å²) < 4.78 is 6.08. The van der Waals surface area contributed by atoms with Crippen LogP contribution in [-0.4, -0.2) is 6.54 Å². The molecule has 0 aliphatic heterocycles. The number of hydrogen-bond donors (Lipinski definition) is 1. The van der Waals surface area contributed by atoms with Crippen LogP contribution < -0.4 is 5.32 Å². The molecular weight excluding hydrogens is 222 g/mol. The molecule has 1 saturated carbocycles. The van der Waals surface area contributed by atoms with Crippen molar-refractivity contribution in [1.29, 1.82) is 0 Å². The average molecular weight is 243 g/mol. The molecule has 0 radical (unpaired) electrons. The van der Waals surface area contributed by atoms with E-state index < -0.39 is 0 Å². The molecular formula is C16H21NO. The molecule has 1 aromatic carbocycles. The summed E-state index contributed by atoms with van der Waals surface area (Å²) >= 11 is 0. The van der Waals surface area contributed by atoms with Crippen LogP contribution in [0.3, 0.4) is 0 Å². The van der Waals surface area contributed by atoms with Crippen LogP contribution in [0.1, 0.15) is 42.7 Å². The van der Waals surface area contributed by atoms with E-state index in [0.717, 1.165) is 23.8 Å². The second kappa shape index (κ2) is 4.43. The normalized spacial score (nSPS) is 17.3. The lowest BCUT2D eigenvalue weighted by Crippen LogP contribution is -2.21. The fourth-order valence-electron chi connectivity index (χ4n) is 2.81. The highest BCUT2D eigenvalue weighted by molar-refractivity contribution is 5.82. The highest BCUT2D eigenvalue weighted by Crippen LogP contribution is 2.42. The molecule has 2 nitrogen and oxygen atoms in total. The minimum atomic E-state index is 0.405. The van der Waals surface area contributed by atoms with Gasteiger partial charge in [0.1, 0.15) is 11.3 Å². The number of benzene rings is 1. The highest BCUT2D eigenvalue weighted by Gasteiger charge is 2.33. The van der Waals surface area contributed by atoms with Crippen molar-refractivity contribution >= 4 is 11.0 Å². The van der Waals surface area contributed by atoms with E-state index in [1.807, 2.05) is 0 Å². The first-order valence-corrected chi connectivity index (χ1v) is 6.93. The molecule has 3 rings (SSSR count). The predicted molar refractivity (Wildman–Crippen MR) is 74.8 cm³/mol. The molecule has 0 bridgehead atoms. The monoisotopic (exact) mass is 243 g/mol. The maximum atomic E-state index is 6.08. The van der Waals surface area contributed by atoms with Gasteiger partial charge in [0.2, 0.25) is 0 Å².